The topological polar surface area (TPSA) is 34.9 Å². The summed E-state index contributed by atoms with van der Waals surface area (Å²) in [5.41, 5.74) is 2.84. The summed E-state index contributed by atoms with van der Waals surface area (Å²) in [6.07, 6.45) is -4.95. The lowest BCUT2D eigenvalue weighted by molar-refractivity contribution is -0.0884. The van der Waals surface area contributed by atoms with Crippen molar-refractivity contribution in [1.82, 2.24) is 9.78 Å². The van der Waals surface area contributed by atoms with Crippen molar-refractivity contribution < 1.29 is 18.0 Å². The van der Waals surface area contributed by atoms with E-state index in [2.05, 4.69) is 5.10 Å². The molecule has 6 heteroatoms. The van der Waals surface area contributed by atoms with Gasteiger partial charge in [0.2, 0.25) is 0 Å². The van der Waals surface area contributed by atoms with Gasteiger partial charge in [-0.1, -0.05) is 66.7 Å². The maximum Gasteiger partial charge on any atom is 0.454 e. The van der Waals surface area contributed by atoms with Gasteiger partial charge in [0, 0.05) is 34.9 Å². The second-order valence-corrected chi connectivity index (χ2v) is 6.42. The Kier molecular flexibility index (Phi) is 4.26. The molecule has 1 heterocycles. The molecule has 0 aromatic heterocycles. The first-order valence-electron chi connectivity index (χ1n) is 8.60. The molecule has 0 radical (unpaired) electrons. The molecule has 0 saturated carbocycles. The Morgan fingerprint density at radius 2 is 1.43 bits per heavy atom. The summed E-state index contributed by atoms with van der Waals surface area (Å²) in [6, 6.07) is 20.9. The van der Waals surface area contributed by atoms with Crippen LogP contribution in [0.2, 0.25) is 0 Å². The van der Waals surface area contributed by atoms with E-state index in [1.54, 1.807) is 31.3 Å². The van der Waals surface area contributed by atoms with E-state index in [1.165, 1.54) is 16.8 Å². The highest BCUT2D eigenvalue weighted by Crippen LogP contribution is 2.43. The Bertz CT molecular complexity index is 1120. The summed E-state index contributed by atoms with van der Waals surface area (Å²) in [6.45, 7) is 0. The summed E-state index contributed by atoms with van der Waals surface area (Å²) in [7, 11) is 1.67. The van der Waals surface area contributed by atoms with Crippen molar-refractivity contribution in [1.29, 1.82) is 0 Å². The van der Waals surface area contributed by atoms with Gasteiger partial charge in [-0.25, -0.2) is 0 Å². The van der Waals surface area contributed by atoms with Gasteiger partial charge >= 0.3 is 6.18 Å². The van der Waals surface area contributed by atoms with Gasteiger partial charge in [0.25, 0.3) is 5.78 Å². The van der Waals surface area contributed by atoms with E-state index in [-0.39, 0.29) is 11.1 Å². The molecule has 0 fully saturated rings. The first-order chi connectivity index (χ1) is 13.4. The molecule has 0 spiro atoms. The number of halogens is 3. The summed E-state index contributed by atoms with van der Waals surface area (Å²) in [5, 5.41) is 4.61. The minimum atomic E-state index is -4.95. The standard InChI is InChI=1S/C22H15F3N2O/c1-27-20(15-10-6-3-7-11-15)18-16(12-13-17(18)21(28)22(23,24)25)19(26-27)14-8-4-2-5-9-14/h2-13H,1H3. The van der Waals surface area contributed by atoms with Gasteiger partial charge < -0.3 is 0 Å². The van der Waals surface area contributed by atoms with Crippen molar-refractivity contribution in [3.8, 4) is 33.6 Å². The summed E-state index contributed by atoms with van der Waals surface area (Å²) in [5.74, 6) is -1.86. The molecule has 2 aliphatic rings. The third-order valence-corrected chi connectivity index (χ3v) is 4.62. The highest BCUT2D eigenvalue weighted by molar-refractivity contribution is 6.10. The van der Waals surface area contributed by atoms with Gasteiger partial charge in [-0.2, -0.15) is 18.3 Å². The first kappa shape index (κ1) is 18.0. The molecule has 140 valence electrons. The Labute approximate surface area is 159 Å². The number of carbonyl (C=O) groups is 1. The lowest BCUT2D eigenvalue weighted by atomic mass is 9.94. The number of ketones is 1. The third-order valence-electron chi connectivity index (χ3n) is 4.62. The number of benzene rings is 2. The highest BCUT2D eigenvalue weighted by atomic mass is 19.4. The van der Waals surface area contributed by atoms with Gasteiger partial charge in [0.05, 0.1) is 11.4 Å². The molecule has 2 aromatic carbocycles. The fraction of sp³-hybridized carbons (Fsp3) is 0.0909. The van der Waals surface area contributed by atoms with E-state index in [1.807, 2.05) is 36.4 Å². The number of fused-ring (bicyclic) bond motifs is 1. The molecule has 0 unspecified atom stereocenters. The number of alkyl halides is 3. The van der Waals surface area contributed by atoms with Crippen molar-refractivity contribution in [2.75, 3.05) is 0 Å². The first-order valence-corrected chi connectivity index (χ1v) is 8.60. The minimum Gasteiger partial charge on any atom is -0.284 e. The normalized spacial score (nSPS) is 11.7. The molecule has 1 aliphatic heterocycles. The smallest absolute Gasteiger partial charge is 0.284 e. The summed E-state index contributed by atoms with van der Waals surface area (Å²) < 4.78 is 41.2. The van der Waals surface area contributed by atoms with Crippen molar-refractivity contribution in [2.45, 2.75) is 6.18 Å². The number of carbonyl (C=O) groups excluding carboxylic acids is 1. The largest absolute Gasteiger partial charge is 0.454 e. The maximum atomic E-state index is 13.2. The third kappa shape index (κ3) is 2.97. The number of aromatic nitrogens is 2. The predicted molar refractivity (Wildman–Crippen MR) is 101 cm³/mol. The van der Waals surface area contributed by atoms with Crippen LogP contribution < -0.4 is 0 Å². The zero-order valence-corrected chi connectivity index (χ0v) is 14.9. The molecule has 0 saturated heterocycles. The number of rotatable bonds is 3. The van der Waals surface area contributed by atoms with Gasteiger partial charge in [0.1, 0.15) is 0 Å². The summed E-state index contributed by atoms with van der Waals surface area (Å²) in [4.78, 5) is 12.1. The molecule has 2 aromatic rings. The van der Waals surface area contributed by atoms with Crippen LogP contribution in [0.25, 0.3) is 33.6 Å². The van der Waals surface area contributed by atoms with Crippen LogP contribution in [-0.4, -0.2) is 21.7 Å². The lowest BCUT2D eigenvalue weighted by Crippen LogP contribution is -2.23. The fourth-order valence-electron chi connectivity index (χ4n) is 3.42. The van der Waals surface area contributed by atoms with E-state index in [4.69, 9.17) is 0 Å². The van der Waals surface area contributed by atoms with Crippen molar-refractivity contribution in [3.63, 3.8) is 0 Å². The number of hydrogen-bond donors (Lipinski definition) is 0. The van der Waals surface area contributed by atoms with Crippen LogP contribution in [-0.2, 0) is 7.05 Å². The van der Waals surface area contributed by atoms with Crippen LogP contribution in [0.4, 0.5) is 13.2 Å². The van der Waals surface area contributed by atoms with Gasteiger partial charge in [-0.15, -0.1) is 0 Å². The molecule has 4 rings (SSSR count). The maximum absolute atomic E-state index is 13.2. The van der Waals surface area contributed by atoms with Crippen molar-refractivity contribution in [3.05, 3.63) is 78.4 Å². The van der Waals surface area contributed by atoms with E-state index >= 15 is 0 Å². The number of Topliss-reactive ketones (excluding diaryl/α,β-unsaturated/α-hetero) is 1. The fourth-order valence-corrected chi connectivity index (χ4v) is 3.42. The Morgan fingerprint density at radius 3 is 2.00 bits per heavy atom. The number of hydrogen-bond acceptors (Lipinski definition) is 2. The van der Waals surface area contributed by atoms with Crippen molar-refractivity contribution >= 4 is 5.78 Å². The van der Waals surface area contributed by atoms with Crippen LogP contribution in [0.1, 0.15) is 10.4 Å². The number of aryl methyl sites for hydroxylation is 1. The SMILES string of the molecule is Cn1nc(-c2ccccc2)c2ccc(C(=O)C(F)(F)F)c-2c1-c1ccccc1. The molecule has 0 N–H and O–H groups in total. The van der Waals surface area contributed by atoms with Gasteiger partial charge in [-0.3, -0.25) is 9.48 Å². The quantitative estimate of drug-likeness (QED) is 0.434. The van der Waals surface area contributed by atoms with E-state index in [0.29, 0.717) is 22.5 Å². The van der Waals surface area contributed by atoms with Crippen LogP contribution in [0, 0.1) is 0 Å². The molecular formula is C22H15F3N2O. The van der Waals surface area contributed by atoms with Crippen LogP contribution in [0.5, 0.6) is 0 Å². The monoisotopic (exact) mass is 380 g/mol. The molecular weight excluding hydrogens is 365 g/mol. The van der Waals surface area contributed by atoms with E-state index in [9.17, 15) is 18.0 Å². The molecule has 1 aliphatic carbocycles. The Hall–Kier alpha value is -3.41. The van der Waals surface area contributed by atoms with Crippen LogP contribution in [0.15, 0.2) is 72.8 Å². The van der Waals surface area contributed by atoms with Gasteiger partial charge in [0.15, 0.2) is 0 Å². The van der Waals surface area contributed by atoms with Crippen LogP contribution in [0.3, 0.4) is 0 Å². The zero-order chi connectivity index (χ0) is 19.9. The van der Waals surface area contributed by atoms with Gasteiger partial charge in [-0.05, 0) is 6.07 Å². The zero-order valence-electron chi connectivity index (χ0n) is 14.9. The van der Waals surface area contributed by atoms with E-state index in [0.717, 1.165) is 5.56 Å². The lowest BCUT2D eigenvalue weighted by Gasteiger charge is -2.19. The minimum absolute atomic E-state index is 0.255. The Morgan fingerprint density at radius 1 is 0.857 bits per heavy atom. The number of nitrogens with zero attached hydrogens (tertiary/aromatic N) is 2. The average molecular weight is 380 g/mol. The van der Waals surface area contributed by atoms with Crippen LogP contribution >= 0.6 is 0 Å². The highest BCUT2D eigenvalue weighted by Gasteiger charge is 2.42. The second-order valence-electron chi connectivity index (χ2n) is 6.42. The molecule has 0 atom stereocenters. The second kappa shape index (κ2) is 6.64. The molecule has 3 nitrogen and oxygen atoms in total. The molecule has 28 heavy (non-hydrogen) atoms. The average Bonchev–Trinajstić information content (AvgIpc) is 3.12. The van der Waals surface area contributed by atoms with Crippen molar-refractivity contribution in [2.24, 2.45) is 7.05 Å². The molecule has 0 amide bonds. The van der Waals surface area contributed by atoms with E-state index < -0.39 is 12.0 Å². The predicted octanol–water partition coefficient (Wildman–Crippen LogP) is 5.60. The summed E-state index contributed by atoms with van der Waals surface area (Å²) >= 11 is 0. The Balaban J connectivity index is 2.06. The molecule has 0 bridgehead atoms.